The molecule has 4 rings (SSSR count). The third kappa shape index (κ3) is 4.71. The molecule has 3 N–H and O–H groups in total. The Balaban J connectivity index is 1.33. The number of amides is 3. The van der Waals surface area contributed by atoms with E-state index in [1.807, 2.05) is 0 Å². The van der Waals surface area contributed by atoms with Gasteiger partial charge in [-0.3, -0.25) is 14.4 Å². The van der Waals surface area contributed by atoms with Gasteiger partial charge in [-0.05, 0) is 48.5 Å². The Kier molecular flexibility index (Phi) is 6.06. The van der Waals surface area contributed by atoms with E-state index in [0.29, 0.717) is 30.3 Å². The van der Waals surface area contributed by atoms with E-state index in [2.05, 4.69) is 5.32 Å². The highest BCUT2D eigenvalue weighted by Crippen LogP contribution is 2.34. The first-order valence-corrected chi connectivity index (χ1v) is 10.0. The van der Waals surface area contributed by atoms with Gasteiger partial charge in [0.25, 0.3) is 5.91 Å². The van der Waals surface area contributed by atoms with Gasteiger partial charge in [0.1, 0.15) is 23.4 Å². The fraction of sp³-hybridized carbons (Fsp3) is 0.318. The summed E-state index contributed by atoms with van der Waals surface area (Å²) in [4.78, 5) is 38.2. The normalized spacial score (nSPS) is 19.2. The molecule has 0 saturated carbocycles. The lowest BCUT2D eigenvalue weighted by Gasteiger charge is -2.23. The fourth-order valence-corrected chi connectivity index (χ4v) is 3.73. The van der Waals surface area contributed by atoms with Crippen LogP contribution in [0.4, 0.5) is 4.39 Å². The molecule has 2 aliphatic rings. The Hall–Kier alpha value is -3.50. The molecule has 1 atom stereocenters. The monoisotopic (exact) mass is 443 g/mol. The molecule has 2 saturated heterocycles. The molecule has 168 valence electrons. The molecule has 9 nitrogen and oxygen atoms in total. The third-order valence-electron chi connectivity index (χ3n) is 5.32. The Morgan fingerprint density at radius 3 is 2.25 bits per heavy atom. The molecule has 2 aromatic carbocycles. The van der Waals surface area contributed by atoms with E-state index in [1.165, 1.54) is 41.3 Å². The van der Waals surface area contributed by atoms with Crippen molar-refractivity contribution in [2.75, 3.05) is 26.3 Å². The number of halogens is 1. The summed E-state index contributed by atoms with van der Waals surface area (Å²) in [6, 6.07) is 10.9. The molecule has 1 spiro atoms. The van der Waals surface area contributed by atoms with Crippen molar-refractivity contribution in [1.29, 1.82) is 0 Å². The second-order valence-corrected chi connectivity index (χ2v) is 7.51. The van der Waals surface area contributed by atoms with E-state index in [4.69, 9.17) is 19.9 Å². The van der Waals surface area contributed by atoms with Crippen molar-refractivity contribution >= 4 is 17.7 Å². The zero-order valence-corrected chi connectivity index (χ0v) is 17.1. The van der Waals surface area contributed by atoms with Gasteiger partial charge in [0, 0.05) is 12.0 Å². The SMILES string of the molecule is NC(=O)C1CC2(CN1C(=O)CNC(=O)c1ccc(Oc3ccc(F)cc3)cc1)OCCO2. The summed E-state index contributed by atoms with van der Waals surface area (Å²) in [6.07, 6.45) is 0.164. The maximum atomic E-state index is 13.0. The second-order valence-electron chi connectivity index (χ2n) is 7.51. The number of benzene rings is 2. The molecule has 3 amide bonds. The van der Waals surface area contributed by atoms with Gasteiger partial charge in [0.2, 0.25) is 11.8 Å². The predicted octanol–water partition coefficient (Wildman–Crippen LogP) is 1.18. The largest absolute Gasteiger partial charge is 0.457 e. The van der Waals surface area contributed by atoms with Gasteiger partial charge in [-0.1, -0.05) is 0 Å². The molecule has 10 heteroatoms. The Morgan fingerprint density at radius 1 is 1.06 bits per heavy atom. The summed E-state index contributed by atoms with van der Waals surface area (Å²) < 4.78 is 29.7. The van der Waals surface area contributed by atoms with Crippen molar-refractivity contribution in [2.24, 2.45) is 5.73 Å². The minimum absolute atomic E-state index is 0.0741. The van der Waals surface area contributed by atoms with E-state index in [-0.39, 0.29) is 25.3 Å². The van der Waals surface area contributed by atoms with Crippen LogP contribution in [0.2, 0.25) is 0 Å². The Labute approximate surface area is 183 Å². The standard InChI is InChI=1S/C22H22FN3O6/c23-15-3-7-17(8-4-15)32-16-5-1-14(2-6-16)21(29)25-12-19(27)26-13-22(30-9-10-31-22)11-18(26)20(24)28/h1-8,18H,9-13H2,(H2,24,28)(H,25,29). The van der Waals surface area contributed by atoms with Crippen LogP contribution in [0.25, 0.3) is 0 Å². The van der Waals surface area contributed by atoms with Crippen molar-refractivity contribution in [1.82, 2.24) is 10.2 Å². The molecule has 2 heterocycles. The molecule has 0 bridgehead atoms. The maximum Gasteiger partial charge on any atom is 0.251 e. The van der Waals surface area contributed by atoms with Gasteiger partial charge in [0.15, 0.2) is 5.79 Å². The van der Waals surface area contributed by atoms with Crippen molar-refractivity contribution in [3.8, 4) is 11.5 Å². The molecule has 0 radical (unpaired) electrons. The lowest BCUT2D eigenvalue weighted by atomic mass is 10.1. The van der Waals surface area contributed by atoms with E-state index >= 15 is 0 Å². The highest BCUT2D eigenvalue weighted by molar-refractivity contribution is 5.97. The van der Waals surface area contributed by atoms with Crippen LogP contribution in [-0.2, 0) is 19.1 Å². The van der Waals surface area contributed by atoms with Crippen LogP contribution in [0.3, 0.4) is 0 Å². The number of hydrogen-bond donors (Lipinski definition) is 2. The topological polar surface area (TPSA) is 120 Å². The molecular weight excluding hydrogens is 421 g/mol. The number of hydrogen-bond acceptors (Lipinski definition) is 6. The Morgan fingerprint density at radius 2 is 1.66 bits per heavy atom. The smallest absolute Gasteiger partial charge is 0.251 e. The molecule has 0 aliphatic carbocycles. The average molecular weight is 443 g/mol. The third-order valence-corrected chi connectivity index (χ3v) is 5.32. The van der Waals surface area contributed by atoms with Crippen LogP contribution in [0.5, 0.6) is 11.5 Å². The predicted molar refractivity (Wildman–Crippen MR) is 109 cm³/mol. The van der Waals surface area contributed by atoms with Crippen molar-refractivity contribution < 1.29 is 33.0 Å². The number of likely N-dealkylation sites (tertiary alicyclic amines) is 1. The van der Waals surface area contributed by atoms with Gasteiger partial charge in [-0.25, -0.2) is 4.39 Å². The average Bonchev–Trinajstić information content (AvgIpc) is 3.41. The first-order chi connectivity index (χ1) is 15.3. The summed E-state index contributed by atoms with van der Waals surface area (Å²) in [6.45, 7) is 0.521. The van der Waals surface area contributed by atoms with Gasteiger partial charge in [0.05, 0.1) is 26.3 Å². The number of primary amides is 1. The fourth-order valence-electron chi connectivity index (χ4n) is 3.73. The number of nitrogens with one attached hydrogen (secondary N) is 1. The summed E-state index contributed by atoms with van der Waals surface area (Å²) >= 11 is 0. The molecule has 32 heavy (non-hydrogen) atoms. The summed E-state index contributed by atoms with van der Waals surface area (Å²) in [5.74, 6) is -2.05. The van der Waals surface area contributed by atoms with Gasteiger partial charge < -0.3 is 30.2 Å². The van der Waals surface area contributed by atoms with Crippen LogP contribution < -0.4 is 15.8 Å². The van der Waals surface area contributed by atoms with E-state index < -0.39 is 29.6 Å². The van der Waals surface area contributed by atoms with Gasteiger partial charge in [-0.15, -0.1) is 0 Å². The lowest BCUT2D eigenvalue weighted by molar-refractivity contribution is -0.152. The zero-order valence-electron chi connectivity index (χ0n) is 17.1. The van der Waals surface area contributed by atoms with Crippen LogP contribution in [0.1, 0.15) is 16.8 Å². The van der Waals surface area contributed by atoms with E-state index in [0.717, 1.165) is 0 Å². The number of nitrogens with zero attached hydrogens (tertiary/aromatic N) is 1. The number of carbonyl (C=O) groups excluding carboxylic acids is 3. The Bertz CT molecular complexity index is 1010. The molecule has 2 fully saturated rings. The van der Waals surface area contributed by atoms with Crippen molar-refractivity contribution in [3.05, 3.63) is 59.9 Å². The van der Waals surface area contributed by atoms with E-state index in [1.54, 1.807) is 12.1 Å². The summed E-state index contributed by atoms with van der Waals surface area (Å²) in [7, 11) is 0. The summed E-state index contributed by atoms with van der Waals surface area (Å²) in [5, 5.41) is 2.54. The van der Waals surface area contributed by atoms with Crippen LogP contribution in [0, 0.1) is 5.82 Å². The molecule has 1 unspecified atom stereocenters. The zero-order chi connectivity index (χ0) is 22.7. The maximum absolute atomic E-state index is 13.0. The number of ether oxygens (including phenoxy) is 3. The van der Waals surface area contributed by atoms with Crippen LogP contribution in [0.15, 0.2) is 48.5 Å². The second kappa shape index (κ2) is 8.93. The first kappa shape index (κ1) is 21.7. The minimum Gasteiger partial charge on any atom is -0.457 e. The number of carbonyl (C=O) groups is 3. The molecule has 2 aromatic rings. The highest BCUT2D eigenvalue weighted by Gasteiger charge is 2.51. The van der Waals surface area contributed by atoms with Crippen molar-refractivity contribution in [2.45, 2.75) is 18.2 Å². The lowest BCUT2D eigenvalue weighted by Crippen LogP contribution is -2.48. The molecule has 2 aliphatic heterocycles. The quantitative estimate of drug-likeness (QED) is 0.692. The first-order valence-electron chi connectivity index (χ1n) is 10.0. The van der Waals surface area contributed by atoms with E-state index in [9.17, 15) is 18.8 Å². The van der Waals surface area contributed by atoms with Crippen LogP contribution in [-0.4, -0.2) is 60.8 Å². The minimum atomic E-state index is -1.01. The van der Waals surface area contributed by atoms with Gasteiger partial charge in [-0.2, -0.15) is 0 Å². The summed E-state index contributed by atoms with van der Waals surface area (Å²) in [5.41, 5.74) is 5.75. The molecule has 0 aromatic heterocycles. The van der Waals surface area contributed by atoms with Crippen LogP contribution >= 0.6 is 0 Å². The highest BCUT2D eigenvalue weighted by atomic mass is 19.1. The van der Waals surface area contributed by atoms with Crippen molar-refractivity contribution in [3.63, 3.8) is 0 Å². The molecular formula is C22H22FN3O6. The number of rotatable bonds is 6. The van der Waals surface area contributed by atoms with Gasteiger partial charge >= 0.3 is 0 Å². The number of nitrogens with two attached hydrogens (primary N) is 1.